The standard InChI is InChI=1S/C20H20ClN5.ClHO/c21-16-8-6-14(7-9-16)11-25-12-17-19(13-25)26-18(10-22-17)20(23-24-26)15-4-2-1-3-5-15;1-2/h1-9,17,19,22H,10-13H2;2H/t17-,19-;/m1./s1. The van der Waals surface area contributed by atoms with Gasteiger partial charge in [-0.2, -0.15) is 0 Å². The molecule has 2 aromatic carbocycles. The Balaban J connectivity index is 0.000000932. The monoisotopic (exact) mass is 417 g/mol. The lowest BCUT2D eigenvalue weighted by atomic mass is 10.1. The number of hydrogen-bond acceptors (Lipinski definition) is 5. The van der Waals surface area contributed by atoms with Crippen LogP contribution < -0.4 is 5.32 Å². The molecule has 28 heavy (non-hydrogen) atoms. The van der Waals surface area contributed by atoms with Gasteiger partial charge >= 0.3 is 0 Å². The number of nitrogens with one attached hydrogen (secondary N) is 1. The second-order valence-electron chi connectivity index (χ2n) is 7.07. The zero-order valence-electron chi connectivity index (χ0n) is 15.2. The van der Waals surface area contributed by atoms with Crippen LogP contribution in [0.15, 0.2) is 54.6 Å². The topological polar surface area (TPSA) is 66.2 Å². The van der Waals surface area contributed by atoms with Crippen LogP contribution in [0.3, 0.4) is 0 Å². The van der Waals surface area contributed by atoms with Crippen molar-refractivity contribution in [1.29, 1.82) is 0 Å². The summed E-state index contributed by atoms with van der Waals surface area (Å²) in [6.45, 7) is 3.74. The van der Waals surface area contributed by atoms with Gasteiger partial charge in [0.1, 0.15) is 5.69 Å². The van der Waals surface area contributed by atoms with Gasteiger partial charge in [-0.3, -0.25) is 9.56 Å². The zero-order chi connectivity index (χ0) is 19.5. The molecule has 0 aliphatic carbocycles. The van der Waals surface area contributed by atoms with Crippen molar-refractivity contribution >= 4 is 23.5 Å². The molecule has 2 aliphatic rings. The van der Waals surface area contributed by atoms with Gasteiger partial charge in [0.2, 0.25) is 0 Å². The minimum absolute atomic E-state index is 0.330. The van der Waals surface area contributed by atoms with E-state index in [-0.39, 0.29) is 0 Å². The molecule has 0 radical (unpaired) electrons. The van der Waals surface area contributed by atoms with Crippen LogP contribution in [-0.2, 0) is 13.1 Å². The molecule has 3 aromatic rings. The molecule has 2 N–H and O–H groups in total. The molecule has 146 valence electrons. The van der Waals surface area contributed by atoms with Gasteiger partial charge in [0.05, 0.1) is 23.6 Å². The predicted octanol–water partition coefficient (Wildman–Crippen LogP) is 3.26. The summed E-state index contributed by atoms with van der Waals surface area (Å²) in [4.78, 5) is 2.48. The van der Waals surface area contributed by atoms with E-state index in [0.717, 1.165) is 42.5 Å². The zero-order valence-corrected chi connectivity index (χ0v) is 16.7. The second kappa shape index (κ2) is 8.59. The van der Waals surface area contributed by atoms with E-state index in [1.54, 1.807) is 0 Å². The Morgan fingerprint density at radius 1 is 1.04 bits per heavy atom. The Morgan fingerprint density at radius 2 is 1.79 bits per heavy atom. The number of hydrogen-bond donors (Lipinski definition) is 2. The van der Waals surface area contributed by atoms with E-state index >= 15 is 0 Å². The summed E-state index contributed by atoms with van der Waals surface area (Å²) >= 11 is 9.63. The summed E-state index contributed by atoms with van der Waals surface area (Å²) in [6.07, 6.45) is 0. The molecule has 6 nitrogen and oxygen atoms in total. The van der Waals surface area contributed by atoms with Crippen molar-refractivity contribution in [3.8, 4) is 11.3 Å². The maximum atomic E-state index is 6.47. The summed E-state index contributed by atoms with van der Waals surface area (Å²) in [7, 11) is 0. The minimum Gasteiger partial charge on any atom is -0.305 e. The van der Waals surface area contributed by atoms with Crippen molar-refractivity contribution in [1.82, 2.24) is 25.2 Å². The fourth-order valence-corrected chi connectivity index (χ4v) is 4.21. The molecular formula is C20H21Cl2N5O. The first kappa shape index (κ1) is 19.4. The highest BCUT2D eigenvalue weighted by Gasteiger charge is 2.39. The molecule has 2 aliphatic heterocycles. The third-order valence-electron chi connectivity index (χ3n) is 5.37. The summed E-state index contributed by atoms with van der Waals surface area (Å²) < 4.78 is 8.62. The van der Waals surface area contributed by atoms with Crippen LogP contribution in [0.4, 0.5) is 0 Å². The molecule has 3 heterocycles. The Bertz CT molecular complexity index is 916. The average molecular weight is 418 g/mol. The first-order valence-corrected chi connectivity index (χ1v) is 9.86. The number of nitrogens with zero attached hydrogens (tertiary/aromatic N) is 4. The van der Waals surface area contributed by atoms with Gasteiger partial charge in [0, 0.05) is 42.8 Å². The quantitative estimate of drug-likeness (QED) is 0.684. The van der Waals surface area contributed by atoms with Crippen LogP contribution in [0.5, 0.6) is 0 Å². The van der Waals surface area contributed by atoms with Crippen LogP contribution in [0.1, 0.15) is 17.3 Å². The Labute approximate surface area is 173 Å². The van der Waals surface area contributed by atoms with Gasteiger partial charge in [-0.25, -0.2) is 4.68 Å². The molecule has 1 saturated heterocycles. The predicted molar refractivity (Wildman–Crippen MR) is 110 cm³/mol. The van der Waals surface area contributed by atoms with Crippen molar-refractivity contribution in [3.05, 3.63) is 70.9 Å². The molecular weight excluding hydrogens is 397 g/mol. The van der Waals surface area contributed by atoms with Crippen molar-refractivity contribution in [2.45, 2.75) is 25.2 Å². The van der Waals surface area contributed by atoms with Gasteiger partial charge in [-0.1, -0.05) is 59.3 Å². The van der Waals surface area contributed by atoms with E-state index in [4.69, 9.17) is 16.3 Å². The van der Waals surface area contributed by atoms with Crippen LogP contribution in [0.25, 0.3) is 11.3 Å². The number of likely N-dealkylation sites (tertiary alicyclic amines) is 1. The highest BCUT2D eigenvalue weighted by atomic mass is 35.5. The molecule has 2 atom stereocenters. The van der Waals surface area contributed by atoms with Crippen LogP contribution in [0, 0.1) is 0 Å². The summed E-state index contributed by atoms with van der Waals surface area (Å²) in [5.41, 5.74) is 4.60. The number of rotatable bonds is 3. The maximum absolute atomic E-state index is 6.47. The molecule has 0 unspecified atom stereocenters. The summed E-state index contributed by atoms with van der Waals surface area (Å²) in [6, 6.07) is 19.2. The van der Waals surface area contributed by atoms with Gasteiger partial charge in [0.25, 0.3) is 0 Å². The fraction of sp³-hybridized carbons (Fsp3) is 0.300. The van der Waals surface area contributed by atoms with E-state index in [1.165, 1.54) is 11.3 Å². The Hall–Kier alpha value is -1.96. The van der Waals surface area contributed by atoms with Gasteiger partial charge in [0.15, 0.2) is 0 Å². The fourth-order valence-electron chi connectivity index (χ4n) is 4.08. The average Bonchev–Trinajstić information content (AvgIpc) is 3.35. The van der Waals surface area contributed by atoms with Crippen molar-refractivity contribution in [2.24, 2.45) is 0 Å². The van der Waals surface area contributed by atoms with E-state index < -0.39 is 0 Å². The number of benzene rings is 2. The first-order chi connectivity index (χ1) is 13.8. The molecule has 0 bridgehead atoms. The lowest BCUT2D eigenvalue weighted by molar-refractivity contribution is 0.307. The molecule has 8 heteroatoms. The van der Waals surface area contributed by atoms with Crippen molar-refractivity contribution in [2.75, 3.05) is 13.1 Å². The summed E-state index contributed by atoms with van der Waals surface area (Å²) in [5.74, 6) is 0. The summed E-state index contributed by atoms with van der Waals surface area (Å²) in [5, 5.41) is 13.5. The van der Waals surface area contributed by atoms with Gasteiger partial charge < -0.3 is 5.32 Å². The van der Waals surface area contributed by atoms with Crippen molar-refractivity contribution < 1.29 is 4.66 Å². The van der Waals surface area contributed by atoms with Crippen molar-refractivity contribution in [3.63, 3.8) is 0 Å². The van der Waals surface area contributed by atoms with E-state index in [0.29, 0.717) is 12.1 Å². The number of halogens is 2. The molecule has 0 amide bonds. The third-order valence-corrected chi connectivity index (χ3v) is 5.62. The Morgan fingerprint density at radius 3 is 2.54 bits per heavy atom. The van der Waals surface area contributed by atoms with Gasteiger partial charge in [-0.15, -0.1) is 5.10 Å². The number of fused-ring (bicyclic) bond motifs is 3. The molecule has 1 aromatic heterocycles. The second-order valence-corrected chi connectivity index (χ2v) is 7.51. The lowest BCUT2D eigenvalue weighted by Crippen LogP contribution is -2.42. The molecule has 0 spiro atoms. The van der Waals surface area contributed by atoms with Gasteiger partial charge in [-0.05, 0) is 17.7 Å². The number of aromatic nitrogens is 3. The molecule has 5 rings (SSSR count). The van der Waals surface area contributed by atoms with Crippen LogP contribution >= 0.6 is 23.5 Å². The normalized spacial score (nSPS) is 20.8. The first-order valence-electron chi connectivity index (χ1n) is 9.14. The highest BCUT2D eigenvalue weighted by molar-refractivity contribution is 6.30. The lowest BCUT2D eigenvalue weighted by Gasteiger charge is -2.27. The molecule has 0 saturated carbocycles. The maximum Gasteiger partial charge on any atom is 0.117 e. The minimum atomic E-state index is 0.330. The molecule has 1 fully saturated rings. The largest absolute Gasteiger partial charge is 0.305 e. The smallest absolute Gasteiger partial charge is 0.117 e. The highest BCUT2D eigenvalue weighted by Crippen LogP contribution is 2.32. The third kappa shape index (κ3) is 3.79. The van der Waals surface area contributed by atoms with E-state index in [1.807, 2.05) is 30.3 Å². The Kier molecular flexibility index (Phi) is 5.94. The van der Waals surface area contributed by atoms with Crippen LogP contribution in [0.2, 0.25) is 5.02 Å². The van der Waals surface area contributed by atoms with E-state index in [9.17, 15) is 0 Å². The van der Waals surface area contributed by atoms with E-state index in [2.05, 4.69) is 61.3 Å². The van der Waals surface area contributed by atoms with Crippen LogP contribution in [-0.4, -0.2) is 43.7 Å². The SMILES string of the molecule is Clc1ccc(CN2C[C@@H]3[C@@H](C2)NCc2c(-c4ccccc4)nnn23)cc1.OCl.